The van der Waals surface area contributed by atoms with Crippen molar-refractivity contribution in [2.24, 2.45) is 0 Å². The Morgan fingerprint density at radius 3 is 1.05 bits per heavy atom. The first-order chi connectivity index (χ1) is 32.2. The molecule has 11 rings (SSSR count). The lowest BCUT2D eigenvalue weighted by Gasteiger charge is -2.26. The second-order valence-electron chi connectivity index (χ2n) is 16.5. The number of rotatable bonds is 10. The third-order valence-corrected chi connectivity index (χ3v) is 12.5. The van der Waals surface area contributed by atoms with Gasteiger partial charge in [-0.05, 0) is 131 Å². The van der Waals surface area contributed by atoms with Crippen molar-refractivity contribution in [2.75, 3.05) is 4.90 Å². The minimum absolute atomic E-state index is 1.08. The Morgan fingerprint density at radius 1 is 0.169 bits per heavy atom. The molecular formula is C64H45N. The minimum Gasteiger partial charge on any atom is -0.310 e. The van der Waals surface area contributed by atoms with Crippen molar-refractivity contribution in [3.8, 4) is 77.9 Å². The third kappa shape index (κ3) is 8.04. The highest BCUT2D eigenvalue weighted by molar-refractivity contribution is 5.96. The summed E-state index contributed by atoms with van der Waals surface area (Å²) in [6, 6.07) is 98.8. The van der Waals surface area contributed by atoms with E-state index in [1.807, 2.05) is 0 Å². The molecule has 0 bridgehead atoms. The summed E-state index contributed by atoms with van der Waals surface area (Å²) in [5.41, 5.74) is 20.1. The van der Waals surface area contributed by atoms with Crippen molar-refractivity contribution >= 4 is 27.8 Å². The third-order valence-electron chi connectivity index (χ3n) is 12.5. The van der Waals surface area contributed by atoms with Crippen molar-refractivity contribution in [3.05, 3.63) is 273 Å². The molecule has 0 atom stereocenters. The molecule has 0 unspecified atom stereocenters. The van der Waals surface area contributed by atoms with E-state index < -0.39 is 0 Å². The average molecular weight is 828 g/mol. The minimum atomic E-state index is 1.08. The van der Waals surface area contributed by atoms with E-state index in [0.29, 0.717) is 0 Å². The normalized spacial score (nSPS) is 11.1. The van der Waals surface area contributed by atoms with Crippen molar-refractivity contribution in [2.45, 2.75) is 0 Å². The molecule has 11 aromatic rings. The van der Waals surface area contributed by atoms with E-state index in [2.05, 4.69) is 278 Å². The maximum atomic E-state index is 2.37. The predicted molar refractivity (Wildman–Crippen MR) is 277 cm³/mol. The molecule has 0 aromatic heterocycles. The van der Waals surface area contributed by atoms with E-state index >= 15 is 0 Å². The fourth-order valence-corrected chi connectivity index (χ4v) is 9.23. The number of hydrogen-bond donors (Lipinski definition) is 0. The molecular weight excluding hydrogens is 783 g/mol. The molecule has 0 amide bonds. The summed E-state index contributed by atoms with van der Waals surface area (Å²) < 4.78 is 0. The molecule has 0 aliphatic carbocycles. The highest BCUT2D eigenvalue weighted by Crippen LogP contribution is 2.43. The van der Waals surface area contributed by atoms with Gasteiger partial charge in [-0.15, -0.1) is 0 Å². The Hall–Kier alpha value is -8.52. The Morgan fingerprint density at radius 2 is 0.508 bits per heavy atom. The van der Waals surface area contributed by atoms with Crippen molar-refractivity contribution in [1.29, 1.82) is 0 Å². The molecule has 0 heterocycles. The Bertz CT molecular complexity index is 3390. The Kier molecular flexibility index (Phi) is 10.7. The quantitative estimate of drug-likeness (QED) is 0.133. The second kappa shape index (κ2) is 17.7. The van der Waals surface area contributed by atoms with E-state index in [-0.39, 0.29) is 0 Å². The Balaban J connectivity index is 0.972. The van der Waals surface area contributed by atoms with Gasteiger partial charge in [0.2, 0.25) is 0 Å². The van der Waals surface area contributed by atoms with Crippen molar-refractivity contribution in [3.63, 3.8) is 0 Å². The standard InChI is InChI=1S/C64H45N/c1-3-16-46(17-4-1)48-30-32-49(33-31-48)50-36-40-56(41-37-50)65(58-23-15-22-54(45-58)55-35-34-47-18-7-8-21-53(47)44-55)57-42-38-52(39-43-57)60-25-10-12-27-62(60)64-29-14-13-28-63(64)61-26-11-9-24-59(61)51-19-5-2-6-20-51/h1-45H. The average Bonchev–Trinajstić information content (AvgIpc) is 3.40. The van der Waals surface area contributed by atoms with Gasteiger partial charge in [0.1, 0.15) is 0 Å². The van der Waals surface area contributed by atoms with E-state index in [4.69, 9.17) is 0 Å². The number of hydrogen-bond acceptors (Lipinski definition) is 1. The lowest BCUT2D eigenvalue weighted by atomic mass is 9.87. The summed E-state index contributed by atoms with van der Waals surface area (Å²) in [5, 5.41) is 2.48. The smallest absolute Gasteiger partial charge is 0.0467 e. The van der Waals surface area contributed by atoms with Crippen LogP contribution in [0.2, 0.25) is 0 Å². The van der Waals surface area contributed by atoms with Crippen LogP contribution in [0.4, 0.5) is 17.1 Å². The molecule has 306 valence electrons. The van der Waals surface area contributed by atoms with Crippen LogP contribution in [0.5, 0.6) is 0 Å². The molecule has 0 aliphatic heterocycles. The van der Waals surface area contributed by atoms with Gasteiger partial charge in [-0.3, -0.25) is 0 Å². The van der Waals surface area contributed by atoms with Gasteiger partial charge in [0.05, 0.1) is 0 Å². The van der Waals surface area contributed by atoms with Gasteiger partial charge in [-0.25, -0.2) is 0 Å². The Labute approximate surface area is 381 Å². The topological polar surface area (TPSA) is 3.24 Å². The highest BCUT2D eigenvalue weighted by Gasteiger charge is 2.18. The zero-order chi connectivity index (χ0) is 43.4. The summed E-state index contributed by atoms with van der Waals surface area (Å²) in [7, 11) is 0. The zero-order valence-corrected chi connectivity index (χ0v) is 35.9. The largest absolute Gasteiger partial charge is 0.310 e. The van der Waals surface area contributed by atoms with Crippen molar-refractivity contribution < 1.29 is 0 Å². The fourth-order valence-electron chi connectivity index (χ4n) is 9.23. The molecule has 0 saturated carbocycles. The monoisotopic (exact) mass is 827 g/mol. The van der Waals surface area contributed by atoms with Crippen LogP contribution in [-0.2, 0) is 0 Å². The number of fused-ring (bicyclic) bond motifs is 1. The van der Waals surface area contributed by atoms with E-state index in [1.54, 1.807) is 0 Å². The van der Waals surface area contributed by atoms with E-state index in [1.165, 1.54) is 83.1 Å². The van der Waals surface area contributed by atoms with Crippen LogP contribution in [-0.4, -0.2) is 0 Å². The molecule has 0 N–H and O–H groups in total. The van der Waals surface area contributed by atoms with E-state index in [9.17, 15) is 0 Å². The molecule has 0 saturated heterocycles. The van der Waals surface area contributed by atoms with Gasteiger partial charge in [0, 0.05) is 17.1 Å². The van der Waals surface area contributed by atoms with Crippen LogP contribution in [0, 0.1) is 0 Å². The molecule has 65 heavy (non-hydrogen) atoms. The lowest BCUT2D eigenvalue weighted by molar-refractivity contribution is 1.28. The van der Waals surface area contributed by atoms with E-state index in [0.717, 1.165) is 22.6 Å². The van der Waals surface area contributed by atoms with Crippen LogP contribution in [0.3, 0.4) is 0 Å². The molecule has 0 aliphatic rings. The first kappa shape index (κ1) is 39.3. The highest BCUT2D eigenvalue weighted by atomic mass is 15.1. The first-order valence-corrected chi connectivity index (χ1v) is 22.3. The number of benzene rings is 11. The van der Waals surface area contributed by atoms with Gasteiger partial charge in [0.25, 0.3) is 0 Å². The van der Waals surface area contributed by atoms with Gasteiger partial charge in [0.15, 0.2) is 0 Å². The molecule has 1 heteroatoms. The summed E-state index contributed by atoms with van der Waals surface area (Å²) in [6.07, 6.45) is 0. The maximum Gasteiger partial charge on any atom is 0.0467 e. The summed E-state index contributed by atoms with van der Waals surface area (Å²) >= 11 is 0. The van der Waals surface area contributed by atoms with Crippen LogP contribution in [0.1, 0.15) is 0 Å². The molecule has 1 nitrogen and oxygen atoms in total. The number of anilines is 3. The van der Waals surface area contributed by atoms with Gasteiger partial charge in [-0.2, -0.15) is 0 Å². The second-order valence-corrected chi connectivity index (χ2v) is 16.5. The summed E-state index contributed by atoms with van der Waals surface area (Å²) in [5.74, 6) is 0. The zero-order valence-electron chi connectivity index (χ0n) is 35.9. The SMILES string of the molecule is c1ccc(-c2ccc(-c3ccc(N(c4ccc(-c5ccccc5-c5ccccc5-c5ccccc5-c5ccccc5)cc4)c4cccc(-c5ccc6ccccc6c5)c4)cc3)cc2)cc1. The first-order valence-electron chi connectivity index (χ1n) is 22.3. The van der Waals surface area contributed by atoms with Crippen LogP contribution in [0.25, 0.3) is 88.7 Å². The summed E-state index contributed by atoms with van der Waals surface area (Å²) in [6.45, 7) is 0. The predicted octanol–water partition coefficient (Wildman–Crippen LogP) is 18.0. The van der Waals surface area contributed by atoms with Crippen LogP contribution >= 0.6 is 0 Å². The molecule has 0 radical (unpaired) electrons. The maximum absolute atomic E-state index is 2.37. The molecule has 0 spiro atoms. The van der Waals surface area contributed by atoms with Gasteiger partial charge < -0.3 is 4.90 Å². The fraction of sp³-hybridized carbons (Fsp3) is 0. The summed E-state index contributed by atoms with van der Waals surface area (Å²) in [4.78, 5) is 2.37. The van der Waals surface area contributed by atoms with Crippen molar-refractivity contribution in [1.82, 2.24) is 0 Å². The molecule has 0 fully saturated rings. The number of nitrogens with zero attached hydrogens (tertiary/aromatic N) is 1. The lowest BCUT2D eigenvalue weighted by Crippen LogP contribution is -2.10. The van der Waals surface area contributed by atoms with Crippen LogP contribution < -0.4 is 4.90 Å². The molecule has 11 aromatic carbocycles. The van der Waals surface area contributed by atoms with Crippen LogP contribution in [0.15, 0.2) is 273 Å². The van der Waals surface area contributed by atoms with Gasteiger partial charge >= 0.3 is 0 Å². The van der Waals surface area contributed by atoms with Gasteiger partial charge in [-0.1, -0.05) is 231 Å².